The van der Waals surface area contributed by atoms with Gasteiger partial charge in [-0.05, 0) is 12.1 Å². The topological polar surface area (TPSA) is 58.2 Å². The molecule has 0 fully saturated rings. The highest BCUT2D eigenvalue weighted by atomic mass is 19.4. The smallest absolute Gasteiger partial charge is 0.319 e. The normalized spacial score (nSPS) is 20.9. The minimum Gasteiger partial charge on any atom is -0.319 e. The van der Waals surface area contributed by atoms with E-state index in [0.29, 0.717) is 6.07 Å². The van der Waals surface area contributed by atoms with Crippen LogP contribution in [-0.2, 0) is 10.3 Å². The first-order valence-electron chi connectivity index (χ1n) is 6.28. The number of alkyl halides is 3. The number of benzene rings is 1. The molecule has 9 heteroatoms. The van der Waals surface area contributed by atoms with E-state index in [1.54, 1.807) is 5.32 Å². The second-order valence-corrected chi connectivity index (χ2v) is 4.84. The van der Waals surface area contributed by atoms with E-state index in [1.807, 2.05) is 5.32 Å². The van der Waals surface area contributed by atoms with Crippen LogP contribution in [0.1, 0.15) is 25.3 Å². The summed E-state index contributed by atoms with van der Waals surface area (Å²) in [6.45, 7) is 1.33. The SMILES string of the molecule is CCC(=O)CC1(C(F)(F)F)NC(=O)Nc2ccc(F)c(F)c21. The van der Waals surface area contributed by atoms with E-state index in [-0.39, 0.29) is 6.42 Å². The van der Waals surface area contributed by atoms with E-state index in [1.165, 1.54) is 6.92 Å². The number of hydrogen-bond acceptors (Lipinski definition) is 2. The minimum absolute atomic E-state index is 0.243. The Hall–Kier alpha value is -2.19. The predicted octanol–water partition coefficient (Wildman–Crippen LogP) is 3.23. The fraction of sp³-hybridized carbons (Fsp3) is 0.385. The number of nitrogens with one attached hydrogen (secondary N) is 2. The summed E-state index contributed by atoms with van der Waals surface area (Å²) in [6.07, 6.45) is -6.65. The van der Waals surface area contributed by atoms with E-state index in [4.69, 9.17) is 0 Å². The molecule has 120 valence electrons. The van der Waals surface area contributed by atoms with Crippen molar-refractivity contribution in [3.63, 3.8) is 0 Å². The molecule has 4 nitrogen and oxygen atoms in total. The Morgan fingerprint density at radius 2 is 1.91 bits per heavy atom. The number of fused-ring (bicyclic) bond motifs is 1. The second kappa shape index (κ2) is 5.22. The Balaban J connectivity index is 2.77. The van der Waals surface area contributed by atoms with Gasteiger partial charge in [0.15, 0.2) is 17.2 Å². The molecular formula is C13H11F5N2O2. The van der Waals surface area contributed by atoms with E-state index >= 15 is 0 Å². The van der Waals surface area contributed by atoms with Crippen molar-refractivity contribution in [2.45, 2.75) is 31.5 Å². The van der Waals surface area contributed by atoms with Crippen LogP contribution < -0.4 is 10.6 Å². The average molecular weight is 322 g/mol. The van der Waals surface area contributed by atoms with Crippen LogP contribution in [-0.4, -0.2) is 18.0 Å². The van der Waals surface area contributed by atoms with Crippen LogP contribution in [0.4, 0.5) is 32.4 Å². The molecule has 0 aliphatic carbocycles. The van der Waals surface area contributed by atoms with Gasteiger partial charge in [0.1, 0.15) is 5.78 Å². The molecule has 1 aliphatic rings. The Kier molecular flexibility index (Phi) is 3.84. The summed E-state index contributed by atoms with van der Waals surface area (Å²) in [7, 11) is 0. The monoisotopic (exact) mass is 322 g/mol. The summed E-state index contributed by atoms with van der Waals surface area (Å²) in [5.41, 5.74) is -4.95. The fourth-order valence-corrected chi connectivity index (χ4v) is 2.35. The number of Topliss-reactive ketones (excluding diaryl/α,β-unsaturated/α-hetero) is 1. The van der Waals surface area contributed by atoms with Gasteiger partial charge in [0.25, 0.3) is 0 Å². The van der Waals surface area contributed by atoms with E-state index in [2.05, 4.69) is 0 Å². The summed E-state index contributed by atoms with van der Waals surface area (Å²) < 4.78 is 68.1. The van der Waals surface area contributed by atoms with Crippen LogP contribution >= 0.6 is 0 Å². The van der Waals surface area contributed by atoms with Gasteiger partial charge in [-0.25, -0.2) is 13.6 Å². The first kappa shape index (κ1) is 16.2. The molecule has 2 N–H and O–H groups in total. The number of halogens is 5. The van der Waals surface area contributed by atoms with Gasteiger partial charge in [-0.15, -0.1) is 0 Å². The van der Waals surface area contributed by atoms with Gasteiger partial charge < -0.3 is 10.6 Å². The molecule has 0 saturated carbocycles. The molecular weight excluding hydrogens is 311 g/mol. The van der Waals surface area contributed by atoms with Crippen molar-refractivity contribution in [1.29, 1.82) is 0 Å². The van der Waals surface area contributed by atoms with Gasteiger partial charge in [0, 0.05) is 18.4 Å². The van der Waals surface area contributed by atoms with E-state index in [9.17, 15) is 31.5 Å². The lowest BCUT2D eigenvalue weighted by molar-refractivity contribution is -0.201. The molecule has 1 heterocycles. The molecule has 0 saturated heterocycles. The first-order valence-corrected chi connectivity index (χ1v) is 6.28. The summed E-state index contributed by atoms with van der Waals surface area (Å²) >= 11 is 0. The Morgan fingerprint density at radius 1 is 1.27 bits per heavy atom. The van der Waals surface area contributed by atoms with Gasteiger partial charge in [-0.1, -0.05) is 6.92 Å². The lowest BCUT2D eigenvalue weighted by Crippen LogP contribution is -2.61. The van der Waals surface area contributed by atoms with Gasteiger partial charge in [-0.3, -0.25) is 4.79 Å². The van der Waals surface area contributed by atoms with Crippen molar-refractivity contribution < 1.29 is 31.5 Å². The largest absolute Gasteiger partial charge is 0.416 e. The van der Waals surface area contributed by atoms with Gasteiger partial charge in [0.05, 0.1) is 5.69 Å². The molecule has 1 atom stereocenters. The zero-order chi connectivity index (χ0) is 16.7. The summed E-state index contributed by atoms with van der Waals surface area (Å²) in [6, 6.07) is 0.172. The second-order valence-electron chi connectivity index (χ2n) is 4.84. The molecule has 1 aromatic carbocycles. The average Bonchev–Trinajstić information content (AvgIpc) is 2.41. The highest BCUT2D eigenvalue weighted by Gasteiger charge is 2.61. The van der Waals surface area contributed by atoms with Crippen LogP contribution in [0.2, 0.25) is 0 Å². The molecule has 1 aliphatic heterocycles. The fourth-order valence-electron chi connectivity index (χ4n) is 2.35. The number of amides is 2. The predicted molar refractivity (Wildman–Crippen MR) is 66.2 cm³/mol. The molecule has 0 aromatic heterocycles. The number of hydrogen-bond donors (Lipinski definition) is 2. The number of ketones is 1. The van der Waals surface area contributed by atoms with Crippen LogP contribution in [0.15, 0.2) is 12.1 Å². The lowest BCUT2D eigenvalue weighted by Gasteiger charge is -2.40. The van der Waals surface area contributed by atoms with Crippen LogP contribution in [0.5, 0.6) is 0 Å². The maximum atomic E-state index is 14.0. The molecule has 0 spiro atoms. The minimum atomic E-state index is -5.20. The van der Waals surface area contributed by atoms with Crippen molar-refractivity contribution in [3.05, 3.63) is 29.3 Å². The van der Waals surface area contributed by atoms with Crippen LogP contribution in [0, 0.1) is 11.6 Å². The molecule has 1 aromatic rings. The van der Waals surface area contributed by atoms with Gasteiger partial charge in [-0.2, -0.15) is 13.2 Å². The number of carbonyl (C=O) groups excluding carboxylic acids is 2. The maximum Gasteiger partial charge on any atom is 0.416 e. The summed E-state index contributed by atoms with van der Waals surface area (Å²) in [4.78, 5) is 23.1. The van der Waals surface area contributed by atoms with Crippen molar-refractivity contribution >= 4 is 17.5 Å². The summed E-state index contributed by atoms with van der Waals surface area (Å²) in [5.74, 6) is -4.12. The zero-order valence-corrected chi connectivity index (χ0v) is 11.3. The van der Waals surface area contributed by atoms with Crippen molar-refractivity contribution in [2.24, 2.45) is 0 Å². The van der Waals surface area contributed by atoms with Gasteiger partial charge in [0.2, 0.25) is 0 Å². The van der Waals surface area contributed by atoms with E-state index < -0.39 is 52.8 Å². The third-order valence-corrected chi connectivity index (χ3v) is 3.44. The van der Waals surface area contributed by atoms with Crippen LogP contribution in [0.25, 0.3) is 0 Å². The maximum absolute atomic E-state index is 14.0. The number of anilines is 1. The summed E-state index contributed by atoms with van der Waals surface area (Å²) in [5, 5.41) is 3.53. The third kappa shape index (κ3) is 2.40. The van der Waals surface area contributed by atoms with Crippen LogP contribution in [0.3, 0.4) is 0 Å². The molecule has 2 rings (SSSR count). The third-order valence-electron chi connectivity index (χ3n) is 3.44. The highest BCUT2D eigenvalue weighted by Crippen LogP contribution is 2.48. The number of urea groups is 1. The van der Waals surface area contributed by atoms with E-state index in [0.717, 1.165) is 6.07 Å². The molecule has 0 bridgehead atoms. The molecule has 22 heavy (non-hydrogen) atoms. The zero-order valence-electron chi connectivity index (χ0n) is 11.3. The standard InChI is InChI=1S/C13H11F5N2O2/c1-2-6(21)5-12(13(16,17)18)9-8(19-11(22)20-12)4-3-7(14)10(9)15/h3-4H,2,5H2,1H3,(H2,19,20,22). The Labute approximate surface area is 121 Å². The van der Waals surface area contributed by atoms with Crippen molar-refractivity contribution in [2.75, 3.05) is 5.32 Å². The quantitative estimate of drug-likeness (QED) is 0.840. The van der Waals surface area contributed by atoms with Crippen molar-refractivity contribution in [3.8, 4) is 0 Å². The van der Waals surface area contributed by atoms with Gasteiger partial charge >= 0.3 is 12.2 Å². The first-order chi connectivity index (χ1) is 10.1. The Bertz CT molecular complexity index is 644. The molecule has 2 amide bonds. The lowest BCUT2D eigenvalue weighted by atomic mass is 9.81. The number of rotatable bonds is 3. The highest BCUT2D eigenvalue weighted by molar-refractivity contribution is 5.95. The number of carbonyl (C=O) groups is 2. The molecule has 1 unspecified atom stereocenters. The molecule has 0 radical (unpaired) electrons. The Morgan fingerprint density at radius 3 is 2.45 bits per heavy atom. The van der Waals surface area contributed by atoms with Crippen molar-refractivity contribution in [1.82, 2.24) is 5.32 Å².